The number of unbranched alkanes of at least 4 members (excludes halogenated alkanes) is 1. The topological polar surface area (TPSA) is 45.9 Å². The van der Waals surface area contributed by atoms with Crippen molar-refractivity contribution >= 4 is 0 Å². The molecule has 1 heterocycles. The normalized spacial score (nSPS) is 15.1. The van der Waals surface area contributed by atoms with Gasteiger partial charge >= 0.3 is 0 Å². The molecule has 1 aromatic rings. The Morgan fingerprint density at radius 2 is 2.14 bits per heavy atom. The zero-order chi connectivity index (χ0) is 15.1. The molecule has 0 saturated heterocycles. The Kier molecular flexibility index (Phi) is 6.04. The van der Waals surface area contributed by atoms with E-state index in [1.807, 2.05) is 6.07 Å². The van der Waals surface area contributed by atoms with Crippen molar-refractivity contribution in [3.05, 3.63) is 22.9 Å². The van der Waals surface area contributed by atoms with Gasteiger partial charge in [0.25, 0.3) is 0 Å². The van der Waals surface area contributed by atoms with E-state index in [1.165, 1.54) is 37.7 Å². The first-order chi connectivity index (χ1) is 10.3. The first-order valence-electron chi connectivity index (χ1n) is 8.34. The minimum atomic E-state index is 0.549. The van der Waals surface area contributed by atoms with Gasteiger partial charge in [0.2, 0.25) is 5.88 Å². The summed E-state index contributed by atoms with van der Waals surface area (Å²) in [6.07, 6.45) is 9.23. The Morgan fingerprint density at radius 1 is 1.33 bits per heavy atom. The van der Waals surface area contributed by atoms with Crippen LogP contribution >= 0.6 is 0 Å². The van der Waals surface area contributed by atoms with Crippen molar-refractivity contribution in [3.63, 3.8) is 0 Å². The van der Waals surface area contributed by atoms with Crippen LogP contribution in [0.2, 0.25) is 0 Å². The van der Waals surface area contributed by atoms with Crippen LogP contribution in [0, 0.1) is 17.2 Å². The molecule has 21 heavy (non-hydrogen) atoms. The lowest BCUT2D eigenvalue weighted by molar-refractivity contribution is 0.224. The molecule has 1 aliphatic rings. The zero-order valence-electron chi connectivity index (χ0n) is 13.3. The third-order valence-corrected chi connectivity index (χ3v) is 4.39. The monoisotopic (exact) mass is 286 g/mol. The molecular weight excluding hydrogens is 260 g/mol. The fraction of sp³-hybridized carbons (Fsp3) is 0.667. The van der Waals surface area contributed by atoms with E-state index in [9.17, 15) is 5.26 Å². The molecule has 0 spiro atoms. The molecule has 0 fully saturated rings. The highest BCUT2D eigenvalue weighted by Crippen LogP contribution is 2.26. The molecule has 1 aliphatic carbocycles. The maximum Gasteiger partial charge on any atom is 0.231 e. The SMILES string of the molecule is CCCCC(CC)COc1nc2c(cc1C#N)CCCC2. The van der Waals surface area contributed by atoms with Gasteiger partial charge in [0.05, 0.1) is 6.61 Å². The molecule has 0 aromatic carbocycles. The van der Waals surface area contributed by atoms with Crippen LogP contribution in [0.15, 0.2) is 6.07 Å². The Bertz CT molecular complexity index is 505. The van der Waals surface area contributed by atoms with Gasteiger partial charge < -0.3 is 4.74 Å². The van der Waals surface area contributed by atoms with Gasteiger partial charge in [0.15, 0.2) is 0 Å². The number of nitrogens with zero attached hydrogens (tertiary/aromatic N) is 2. The number of hydrogen-bond donors (Lipinski definition) is 0. The standard InChI is InChI=1S/C18H26N2O/c1-3-5-8-14(4-2)13-21-18-16(12-19)11-15-9-6-7-10-17(15)20-18/h11,14H,3-10,13H2,1-2H3. The largest absolute Gasteiger partial charge is 0.476 e. The first kappa shape index (κ1) is 15.8. The molecule has 114 valence electrons. The fourth-order valence-corrected chi connectivity index (χ4v) is 2.90. The van der Waals surface area contributed by atoms with E-state index in [0.29, 0.717) is 24.0 Å². The number of rotatable bonds is 7. The fourth-order valence-electron chi connectivity index (χ4n) is 2.90. The van der Waals surface area contributed by atoms with Gasteiger partial charge in [-0.1, -0.05) is 33.1 Å². The van der Waals surface area contributed by atoms with E-state index < -0.39 is 0 Å². The van der Waals surface area contributed by atoms with Crippen LogP contribution in [0.1, 0.15) is 69.2 Å². The van der Waals surface area contributed by atoms with Crippen LogP contribution in [0.3, 0.4) is 0 Å². The lowest BCUT2D eigenvalue weighted by Crippen LogP contribution is -2.14. The van der Waals surface area contributed by atoms with Gasteiger partial charge in [-0.15, -0.1) is 0 Å². The molecule has 0 amide bonds. The van der Waals surface area contributed by atoms with Crippen molar-refractivity contribution in [1.82, 2.24) is 4.98 Å². The van der Waals surface area contributed by atoms with Gasteiger partial charge in [0.1, 0.15) is 11.6 Å². The molecule has 3 nitrogen and oxygen atoms in total. The summed E-state index contributed by atoms with van der Waals surface area (Å²) < 4.78 is 5.91. The van der Waals surface area contributed by atoms with Crippen LogP contribution in [0.25, 0.3) is 0 Å². The molecule has 3 heteroatoms. The van der Waals surface area contributed by atoms with Gasteiger partial charge in [0, 0.05) is 5.69 Å². The number of pyridine rings is 1. The van der Waals surface area contributed by atoms with E-state index in [0.717, 1.165) is 25.0 Å². The average molecular weight is 286 g/mol. The smallest absolute Gasteiger partial charge is 0.231 e. The summed E-state index contributed by atoms with van der Waals surface area (Å²) in [5.74, 6) is 1.11. The molecule has 1 unspecified atom stereocenters. The van der Waals surface area contributed by atoms with Gasteiger partial charge in [-0.2, -0.15) is 5.26 Å². The van der Waals surface area contributed by atoms with Crippen LogP contribution in [-0.2, 0) is 12.8 Å². The Morgan fingerprint density at radius 3 is 2.86 bits per heavy atom. The number of hydrogen-bond acceptors (Lipinski definition) is 3. The average Bonchev–Trinajstić information content (AvgIpc) is 2.54. The van der Waals surface area contributed by atoms with Gasteiger partial charge in [-0.05, 0) is 49.7 Å². The summed E-state index contributed by atoms with van der Waals surface area (Å²) in [7, 11) is 0. The summed E-state index contributed by atoms with van der Waals surface area (Å²) in [5.41, 5.74) is 2.97. The van der Waals surface area contributed by atoms with E-state index in [4.69, 9.17) is 4.74 Å². The molecule has 2 rings (SSSR count). The highest BCUT2D eigenvalue weighted by molar-refractivity contribution is 5.43. The van der Waals surface area contributed by atoms with Crippen molar-refractivity contribution in [2.75, 3.05) is 6.61 Å². The van der Waals surface area contributed by atoms with Crippen molar-refractivity contribution in [2.24, 2.45) is 5.92 Å². The molecule has 1 aromatic heterocycles. The minimum Gasteiger partial charge on any atom is -0.476 e. The van der Waals surface area contributed by atoms with E-state index in [2.05, 4.69) is 24.9 Å². The molecule has 0 N–H and O–H groups in total. The van der Waals surface area contributed by atoms with Crippen molar-refractivity contribution in [1.29, 1.82) is 5.26 Å². The zero-order valence-corrected chi connectivity index (χ0v) is 13.3. The molecule has 1 atom stereocenters. The number of aromatic nitrogens is 1. The third-order valence-electron chi connectivity index (χ3n) is 4.39. The Balaban J connectivity index is 2.06. The number of ether oxygens (including phenoxy) is 1. The van der Waals surface area contributed by atoms with Crippen molar-refractivity contribution in [3.8, 4) is 11.9 Å². The highest BCUT2D eigenvalue weighted by atomic mass is 16.5. The quantitative estimate of drug-likeness (QED) is 0.745. The second kappa shape index (κ2) is 8.02. The van der Waals surface area contributed by atoms with Crippen LogP contribution < -0.4 is 4.74 Å². The van der Waals surface area contributed by atoms with Gasteiger partial charge in [-0.3, -0.25) is 0 Å². The first-order valence-corrected chi connectivity index (χ1v) is 8.34. The maximum absolute atomic E-state index is 9.31. The summed E-state index contributed by atoms with van der Waals surface area (Å²) in [6.45, 7) is 5.10. The number of fused-ring (bicyclic) bond motifs is 1. The lowest BCUT2D eigenvalue weighted by atomic mass is 9.95. The predicted molar refractivity (Wildman–Crippen MR) is 84.4 cm³/mol. The second-order valence-corrected chi connectivity index (χ2v) is 5.99. The second-order valence-electron chi connectivity index (χ2n) is 5.99. The highest BCUT2D eigenvalue weighted by Gasteiger charge is 2.17. The summed E-state index contributed by atoms with van der Waals surface area (Å²) in [4.78, 5) is 4.63. The van der Waals surface area contributed by atoms with E-state index >= 15 is 0 Å². The van der Waals surface area contributed by atoms with E-state index in [-0.39, 0.29) is 0 Å². The Labute approximate surface area is 128 Å². The molecule has 0 saturated carbocycles. The van der Waals surface area contributed by atoms with Crippen LogP contribution in [0.4, 0.5) is 0 Å². The van der Waals surface area contributed by atoms with Crippen LogP contribution in [0.5, 0.6) is 5.88 Å². The van der Waals surface area contributed by atoms with Crippen molar-refractivity contribution < 1.29 is 4.74 Å². The molecular formula is C18H26N2O. The van der Waals surface area contributed by atoms with Crippen molar-refractivity contribution in [2.45, 2.75) is 65.2 Å². The summed E-state index contributed by atoms with van der Waals surface area (Å²) >= 11 is 0. The summed E-state index contributed by atoms with van der Waals surface area (Å²) in [5, 5.41) is 9.31. The third kappa shape index (κ3) is 4.20. The Hall–Kier alpha value is -1.56. The van der Waals surface area contributed by atoms with E-state index in [1.54, 1.807) is 0 Å². The number of nitriles is 1. The molecule has 0 bridgehead atoms. The lowest BCUT2D eigenvalue weighted by Gasteiger charge is -2.19. The summed E-state index contributed by atoms with van der Waals surface area (Å²) in [6, 6.07) is 4.23. The minimum absolute atomic E-state index is 0.549. The number of aryl methyl sites for hydroxylation is 2. The maximum atomic E-state index is 9.31. The molecule has 0 radical (unpaired) electrons. The predicted octanol–water partition coefficient (Wildman–Crippen LogP) is 4.43. The van der Waals surface area contributed by atoms with Gasteiger partial charge in [-0.25, -0.2) is 4.98 Å². The van der Waals surface area contributed by atoms with Crippen LogP contribution in [-0.4, -0.2) is 11.6 Å². The molecule has 0 aliphatic heterocycles.